The summed E-state index contributed by atoms with van der Waals surface area (Å²) in [6.45, 7) is 1.30. The number of nitriles is 1. The van der Waals surface area contributed by atoms with E-state index in [1.807, 2.05) is 6.07 Å². The molecule has 17 heavy (non-hydrogen) atoms. The molecule has 1 heterocycles. The molecule has 1 N–H and O–H groups in total. The summed E-state index contributed by atoms with van der Waals surface area (Å²) in [5.41, 5.74) is 0.620. The Morgan fingerprint density at radius 2 is 2.41 bits per heavy atom. The molecule has 2 rings (SSSR count). The van der Waals surface area contributed by atoms with Crippen LogP contribution in [0.4, 0.5) is 11.4 Å². The lowest BCUT2D eigenvalue weighted by Crippen LogP contribution is -2.33. The zero-order valence-corrected chi connectivity index (χ0v) is 9.05. The molecule has 1 atom stereocenters. The summed E-state index contributed by atoms with van der Waals surface area (Å²) in [5.74, 6) is 0. The van der Waals surface area contributed by atoms with Gasteiger partial charge in [-0.2, -0.15) is 5.26 Å². The lowest BCUT2D eigenvalue weighted by Gasteiger charge is -2.26. The van der Waals surface area contributed by atoms with E-state index in [0.29, 0.717) is 12.2 Å². The van der Waals surface area contributed by atoms with Crippen molar-refractivity contribution in [1.82, 2.24) is 0 Å². The smallest absolute Gasteiger partial charge is 0.293 e. The molecule has 0 radical (unpaired) electrons. The Morgan fingerprint density at radius 1 is 1.65 bits per heavy atom. The number of hydrogen-bond acceptors (Lipinski definition) is 5. The molecule has 1 aliphatic rings. The lowest BCUT2D eigenvalue weighted by molar-refractivity contribution is -0.384. The van der Waals surface area contributed by atoms with Gasteiger partial charge in [0.15, 0.2) is 0 Å². The van der Waals surface area contributed by atoms with Crippen molar-refractivity contribution in [1.29, 1.82) is 5.26 Å². The van der Waals surface area contributed by atoms with Gasteiger partial charge in [-0.15, -0.1) is 0 Å². The average Bonchev–Trinajstić information content (AvgIpc) is 2.27. The number of rotatable bonds is 4. The molecule has 6 heteroatoms. The van der Waals surface area contributed by atoms with Crippen molar-refractivity contribution >= 4 is 11.4 Å². The Bertz CT molecular complexity index is 477. The molecule has 1 fully saturated rings. The molecule has 1 saturated heterocycles. The minimum atomic E-state index is -0.495. The molecule has 6 nitrogen and oxygen atoms in total. The quantitative estimate of drug-likeness (QED) is 0.631. The number of hydrogen-bond donors (Lipinski definition) is 1. The van der Waals surface area contributed by atoms with E-state index in [1.165, 1.54) is 6.07 Å². The maximum atomic E-state index is 10.8. The van der Waals surface area contributed by atoms with Crippen LogP contribution in [0.3, 0.4) is 0 Å². The highest BCUT2D eigenvalue weighted by atomic mass is 16.6. The second-order valence-electron chi connectivity index (χ2n) is 3.76. The molecule has 1 aliphatic heterocycles. The van der Waals surface area contributed by atoms with Crippen molar-refractivity contribution in [3.8, 4) is 6.07 Å². The predicted molar refractivity (Wildman–Crippen MR) is 60.7 cm³/mol. The molecule has 0 aromatic heterocycles. The maximum Gasteiger partial charge on any atom is 0.293 e. The van der Waals surface area contributed by atoms with Crippen LogP contribution < -0.4 is 5.32 Å². The molecule has 0 bridgehead atoms. The van der Waals surface area contributed by atoms with Crippen LogP contribution in [-0.2, 0) is 4.74 Å². The molecule has 0 unspecified atom stereocenters. The fraction of sp³-hybridized carbons (Fsp3) is 0.364. The van der Waals surface area contributed by atoms with Crippen LogP contribution in [-0.4, -0.2) is 24.2 Å². The predicted octanol–water partition coefficient (Wildman–Crippen LogP) is 1.67. The number of ether oxygens (including phenoxy) is 1. The third-order valence-corrected chi connectivity index (χ3v) is 2.64. The molecule has 1 aromatic rings. The first-order valence-corrected chi connectivity index (χ1v) is 5.24. The maximum absolute atomic E-state index is 10.8. The van der Waals surface area contributed by atoms with Crippen molar-refractivity contribution < 1.29 is 9.66 Å². The van der Waals surface area contributed by atoms with Gasteiger partial charge in [-0.25, -0.2) is 0 Å². The first-order chi connectivity index (χ1) is 8.20. The number of benzene rings is 1. The van der Waals surface area contributed by atoms with E-state index in [4.69, 9.17) is 10.00 Å². The molecule has 0 saturated carbocycles. The summed E-state index contributed by atoms with van der Waals surface area (Å²) in [6, 6.07) is 6.25. The third kappa shape index (κ3) is 2.52. The van der Waals surface area contributed by atoms with Crippen LogP contribution in [0.5, 0.6) is 0 Å². The highest BCUT2D eigenvalue weighted by Crippen LogP contribution is 2.26. The Labute approximate surface area is 98.0 Å². The summed E-state index contributed by atoms with van der Waals surface area (Å²) in [7, 11) is 0. The second kappa shape index (κ2) is 4.80. The van der Waals surface area contributed by atoms with Gasteiger partial charge >= 0.3 is 0 Å². The zero-order chi connectivity index (χ0) is 12.3. The Kier molecular flexibility index (Phi) is 3.21. The van der Waals surface area contributed by atoms with E-state index < -0.39 is 4.92 Å². The van der Waals surface area contributed by atoms with Gasteiger partial charge in [0.2, 0.25) is 0 Å². The van der Waals surface area contributed by atoms with Crippen LogP contribution in [0.15, 0.2) is 18.2 Å². The van der Waals surface area contributed by atoms with Crippen molar-refractivity contribution in [3.63, 3.8) is 0 Å². The van der Waals surface area contributed by atoms with Gasteiger partial charge in [-0.05, 0) is 18.6 Å². The Hall–Kier alpha value is -2.13. The van der Waals surface area contributed by atoms with Crippen LogP contribution in [0.1, 0.15) is 12.0 Å². The second-order valence-corrected chi connectivity index (χ2v) is 3.76. The Morgan fingerprint density at radius 3 is 2.94 bits per heavy atom. The van der Waals surface area contributed by atoms with E-state index >= 15 is 0 Å². The van der Waals surface area contributed by atoms with Crippen LogP contribution >= 0.6 is 0 Å². The standard InChI is InChI=1S/C11H11N3O3/c12-6-8-1-2-10(11(5-8)14(15)16)13-7-9-3-4-17-9/h1-2,5,9,13H,3-4,7H2/t9-/m0/s1. The van der Waals surface area contributed by atoms with E-state index in [-0.39, 0.29) is 17.4 Å². The lowest BCUT2D eigenvalue weighted by atomic mass is 10.1. The molecule has 88 valence electrons. The largest absolute Gasteiger partial charge is 0.377 e. The highest BCUT2D eigenvalue weighted by Gasteiger charge is 2.20. The van der Waals surface area contributed by atoms with Crippen LogP contribution in [0, 0.1) is 21.4 Å². The molecule has 1 aromatic carbocycles. The molecule has 0 spiro atoms. The minimum Gasteiger partial charge on any atom is -0.377 e. The molecular formula is C11H11N3O3. The third-order valence-electron chi connectivity index (χ3n) is 2.64. The van der Waals surface area contributed by atoms with Gasteiger partial charge < -0.3 is 10.1 Å². The van der Waals surface area contributed by atoms with Gasteiger partial charge in [0.05, 0.1) is 22.7 Å². The van der Waals surface area contributed by atoms with E-state index in [0.717, 1.165) is 13.0 Å². The zero-order valence-electron chi connectivity index (χ0n) is 9.05. The first-order valence-electron chi connectivity index (χ1n) is 5.24. The fourth-order valence-corrected chi connectivity index (χ4v) is 1.57. The molecule has 0 aliphatic carbocycles. The van der Waals surface area contributed by atoms with Crippen molar-refractivity contribution in [2.45, 2.75) is 12.5 Å². The van der Waals surface area contributed by atoms with E-state index in [1.54, 1.807) is 12.1 Å². The normalized spacial score (nSPS) is 17.9. The van der Waals surface area contributed by atoms with Gasteiger partial charge in [0.1, 0.15) is 5.69 Å². The van der Waals surface area contributed by atoms with E-state index in [9.17, 15) is 10.1 Å². The number of nitrogens with zero attached hydrogens (tertiary/aromatic N) is 2. The van der Waals surface area contributed by atoms with Crippen molar-refractivity contribution in [2.24, 2.45) is 0 Å². The summed E-state index contributed by atoms with van der Waals surface area (Å²) >= 11 is 0. The number of nitro benzene ring substituents is 1. The Balaban J connectivity index is 2.14. The minimum absolute atomic E-state index is 0.0802. The van der Waals surface area contributed by atoms with Gasteiger partial charge in [-0.1, -0.05) is 0 Å². The SMILES string of the molecule is N#Cc1ccc(NC[C@@H]2CCO2)c([N+](=O)[O-])c1. The molecular weight excluding hydrogens is 222 g/mol. The van der Waals surface area contributed by atoms with Crippen LogP contribution in [0.25, 0.3) is 0 Å². The summed E-state index contributed by atoms with van der Waals surface area (Å²) < 4.78 is 5.21. The van der Waals surface area contributed by atoms with Gasteiger partial charge in [0.25, 0.3) is 5.69 Å². The number of nitrogens with one attached hydrogen (secondary N) is 1. The number of anilines is 1. The van der Waals surface area contributed by atoms with Crippen LogP contribution in [0.2, 0.25) is 0 Å². The fourth-order valence-electron chi connectivity index (χ4n) is 1.57. The average molecular weight is 233 g/mol. The van der Waals surface area contributed by atoms with Gasteiger partial charge in [0, 0.05) is 19.2 Å². The molecule has 0 amide bonds. The van der Waals surface area contributed by atoms with Crippen molar-refractivity contribution in [2.75, 3.05) is 18.5 Å². The summed E-state index contributed by atoms with van der Waals surface area (Å²) in [4.78, 5) is 10.3. The van der Waals surface area contributed by atoms with E-state index in [2.05, 4.69) is 5.32 Å². The highest BCUT2D eigenvalue weighted by molar-refractivity contribution is 5.64. The first kappa shape index (κ1) is 11.4. The number of nitro groups is 1. The van der Waals surface area contributed by atoms with Gasteiger partial charge in [-0.3, -0.25) is 10.1 Å². The topological polar surface area (TPSA) is 88.2 Å². The monoisotopic (exact) mass is 233 g/mol. The summed E-state index contributed by atoms with van der Waals surface area (Å²) in [6.07, 6.45) is 1.10. The van der Waals surface area contributed by atoms with Crippen molar-refractivity contribution in [3.05, 3.63) is 33.9 Å². The summed E-state index contributed by atoms with van der Waals surface area (Å²) in [5, 5.41) is 22.5.